The minimum atomic E-state index is -0.384. The Bertz CT molecular complexity index is 781. The summed E-state index contributed by atoms with van der Waals surface area (Å²) in [4.78, 5) is 30.4. The molecule has 2 aromatic rings. The Hall–Kier alpha value is -2.60. The first-order valence-electron chi connectivity index (χ1n) is 9.19. The highest BCUT2D eigenvalue weighted by molar-refractivity contribution is 5.98. The van der Waals surface area contributed by atoms with Gasteiger partial charge in [0.1, 0.15) is 6.10 Å². The maximum Gasteiger partial charge on any atom is 0.254 e. The molecular formula is C20H23N3O3. The van der Waals surface area contributed by atoms with Crippen molar-refractivity contribution in [2.24, 2.45) is 0 Å². The summed E-state index contributed by atoms with van der Waals surface area (Å²) in [5.74, 6) is -0.146. The van der Waals surface area contributed by atoms with E-state index in [0.29, 0.717) is 17.9 Å². The molecule has 6 nitrogen and oxygen atoms in total. The molecule has 6 heteroatoms. The highest BCUT2D eigenvalue weighted by Crippen LogP contribution is 2.32. The molecule has 1 aromatic heterocycles. The highest BCUT2D eigenvalue weighted by Gasteiger charge is 2.31. The van der Waals surface area contributed by atoms with Gasteiger partial charge in [0.2, 0.25) is 0 Å². The number of aromatic nitrogens is 1. The van der Waals surface area contributed by atoms with E-state index in [1.165, 1.54) is 0 Å². The standard InChI is InChI=1S/C20H23N3O3/c24-19(18-9-4-12-26-18)22-15-6-1-5-14(13-15)20(25)23-11-3-8-17(23)16-7-2-10-21-16/h1-2,5-7,10,13,17-18,21H,3-4,8-9,11-12H2,(H,22,24)/t17-,18-/m1/s1. The molecule has 0 bridgehead atoms. The zero-order valence-electron chi connectivity index (χ0n) is 14.6. The molecule has 0 spiro atoms. The third-order valence-corrected chi connectivity index (χ3v) is 5.09. The predicted octanol–water partition coefficient (Wildman–Crippen LogP) is 3.11. The molecule has 0 radical (unpaired) electrons. The van der Waals surface area contributed by atoms with Crippen molar-refractivity contribution in [2.45, 2.75) is 37.8 Å². The summed E-state index contributed by atoms with van der Waals surface area (Å²) in [5, 5.41) is 2.87. The van der Waals surface area contributed by atoms with Crippen molar-refractivity contribution in [3.8, 4) is 0 Å². The molecule has 2 N–H and O–H groups in total. The Labute approximate surface area is 152 Å². The number of carbonyl (C=O) groups is 2. The van der Waals surface area contributed by atoms with Gasteiger partial charge >= 0.3 is 0 Å². The van der Waals surface area contributed by atoms with Crippen LogP contribution in [-0.4, -0.2) is 41.0 Å². The van der Waals surface area contributed by atoms with E-state index in [4.69, 9.17) is 4.74 Å². The number of H-pyrrole nitrogens is 1. The number of rotatable bonds is 4. The van der Waals surface area contributed by atoms with Gasteiger partial charge in [0.05, 0.1) is 6.04 Å². The monoisotopic (exact) mass is 353 g/mol. The fourth-order valence-corrected chi connectivity index (χ4v) is 3.79. The Kier molecular flexibility index (Phi) is 4.75. The molecule has 3 heterocycles. The van der Waals surface area contributed by atoms with Crippen molar-refractivity contribution in [1.82, 2.24) is 9.88 Å². The van der Waals surface area contributed by atoms with Gasteiger partial charge in [-0.25, -0.2) is 0 Å². The second-order valence-corrected chi connectivity index (χ2v) is 6.85. The van der Waals surface area contributed by atoms with Crippen LogP contribution in [0, 0.1) is 0 Å². The van der Waals surface area contributed by atoms with Crippen molar-refractivity contribution in [1.29, 1.82) is 0 Å². The van der Waals surface area contributed by atoms with Crippen LogP contribution in [0.25, 0.3) is 0 Å². The van der Waals surface area contributed by atoms with Crippen LogP contribution in [0.15, 0.2) is 42.6 Å². The average Bonchev–Trinajstić information content (AvgIpc) is 3.43. The van der Waals surface area contributed by atoms with Gasteiger partial charge in [-0.2, -0.15) is 0 Å². The number of nitrogens with zero attached hydrogens (tertiary/aromatic N) is 1. The molecule has 4 rings (SSSR count). The number of hydrogen-bond donors (Lipinski definition) is 2. The summed E-state index contributed by atoms with van der Waals surface area (Å²) >= 11 is 0. The lowest BCUT2D eigenvalue weighted by Gasteiger charge is -2.24. The van der Waals surface area contributed by atoms with Crippen LogP contribution in [0.5, 0.6) is 0 Å². The molecule has 2 saturated heterocycles. The molecule has 26 heavy (non-hydrogen) atoms. The van der Waals surface area contributed by atoms with Gasteiger partial charge in [-0.15, -0.1) is 0 Å². The first-order valence-corrected chi connectivity index (χ1v) is 9.19. The number of amides is 2. The van der Waals surface area contributed by atoms with E-state index in [0.717, 1.165) is 37.9 Å². The van der Waals surface area contributed by atoms with E-state index >= 15 is 0 Å². The van der Waals surface area contributed by atoms with Crippen LogP contribution in [0.1, 0.15) is 47.8 Å². The quantitative estimate of drug-likeness (QED) is 0.887. The second kappa shape index (κ2) is 7.33. The van der Waals surface area contributed by atoms with Gasteiger partial charge in [-0.3, -0.25) is 9.59 Å². The van der Waals surface area contributed by atoms with E-state index in [-0.39, 0.29) is 24.0 Å². The molecule has 0 unspecified atom stereocenters. The summed E-state index contributed by atoms with van der Waals surface area (Å²) in [6, 6.07) is 11.2. The highest BCUT2D eigenvalue weighted by atomic mass is 16.5. The Morgan fingerprint density at radius 2 is 2.08 bits per heavy atom. The van der Waals surface area contributed by atoms with Crippen LogP contribution < -0.4 is 5.32 Å². The lowest BCUT2D eigenvalue weighted by molar-refractivity contribution is -0.124. The number of aromatic amines is 1. The Morgan fingerprint density at radius 1 is 1.15 bits per heavy atom. The first kappa shape index (κ1) is 16.8. The second-order valence-electron chi connectivity index (χ2n) is 6.85. The van der Waals surface area contributed by atoms with E-state index in [1.807, 2.05) is 23.2 Å². The van der Waals surface area contributed by atoms with Gasteiger partial charge in [0.15, 0.2) is 0 Å². The molecule has 2 aliphatic rings. The van der Waals surface area contributed by atoms with Crippen LogP contribution >= 0.6 is 0 Å². The lowest BCUT2D eigenvalue weighted by Crippen LogP contribution is -2.31. The first-order chi connectivity index (χ1) is 12.7. The molecule has 2 fully saturated rings. The lowest BCUT2D eigenvalue weighted by atomic mass is 10.1. The third kappa shape index (κ3) is 3.37. The largest absolute Gasteiger partial charge is 0.368 e. The number of benzene rings is 1. The van der Waals surface area contributed by atoms with Crippen LogP contribution in [0.3, 0.4) is 0 Å². The third-order valence-electron chi connectivity index (χ3n) is 5.09. The van der Waals surface area contributed by atoms with E-state index in [9.17, 15) is 9.59 Å². The fourth-order valence-electron chi connectivity index (χ4n) is 3.79. The summed E-state index contributed by atoms with van der Waals surface area (Å²) in [5.41, 5.74) is 2.29. The van der Waals surface area contributed by atoms with Gasteiger partial charge in [-0.05, 0) is 56.0 Å². The number of nitrogens with one attached hydrogen (secondary N) is 2. The van der Waals surface area contributed by atoms with Crippen LogP contribution in [0.4, 0.5) is 5.69 Å². The normalized spacial score (nSPS) is 22.5. The fraction of sp³-hybridized carbons (Fsp3) is 0.400. The smallest absolute Gasteiger partial charge is 0.254 e. The van der Waals surface area contributed by atoms with Crippen molar-refractivity contribution in [3.05, 3.63) is 53.9 Å². The summed E-state index contributed by atoms with van der Waals surface area (Å²) in [7, 11) is 0. The van der Waals surface area contributed by atoms with Crippen molar-refractivity contribution in [2.75, 3.05) is 18.5 Å². The molecule has 0 aliphatic carbocycles. The molecule has 136 valence electrons. The number of likely N-dealkylation sites (tertiary alicyclic amines) is 1. The van der Waals surface area contributed by atoms with E-state index in [1.54, 1.807) is 24.3 Å². The average molecular weight is 353 g/mol. The molecule has 1 aromatic carbocycles. The number of hydrogen-bond acceptors (Lipinski definition) is 3. The van der Waals surface area contributed by atoms with E-state index < -0.39 is 0 Å². The van der Waals surface area contributed by atoms with Crippen LogP contribution in [-0.2, 0) is 9.53 Å². The minimum absolute atomic E-state index is 0.00434. The summed E-state index contributed by atoms with van der Waals surface area (Å²) < 4.78 is 5.41. The van der Waals surface area contributed by atoms with Gasteiger partial charge in [0.25, 0.3) is 11.8 Å². The molecule has 0 saturated carbocycles. The topological polar surface area (TPSA) is 74.4 Å². The summed E-state index contributed by atoms with van der Waals surface area (Å²) in [6.07, 6.45) is 5.11. The molecule has 2 amide bonds. The van der Waals surface area contributed by atoms with Crippen LogP contribution in [0.2, 0.25) is 0 Å². The van der Waals surface area contributed by atoms with Crippen molar-refractivity contribution in [3.63, 3.8) is 0 Å². The van der Waals surface area contributed by atoms with Gasteiger partial charge in [-0.1, -0.05) is 6.07 Å². The molecular weight excluding hydrogens is 330 g/mol. The molecule has 2 aliphatic heterocycles. The van der Waals surface area contributed by atoms with Crippen molar-refractivity contribution < 1.29 is 14.3 Å². The number of anilines is 1. The predicted molar refractivity (Wildman–Crippen MR) is 97.8 cm³/mol. The zero-order valence-corrected chi connectivity index (χ0v) is 14.6. The molecule has 2 atom stereocenters. The maximum absolute atomic E-state index is 13.0. The minimum Gasteiger partial charge on any atom is -0.368 e. The zero-order chi connectivity index (χ0) is 17.9. The van der Waals surface area contributed by atoms with Crippen molar-refractivity contribution >= 4 is 17.5 Å². The maximum atomic E-state index is 13.0. The number of ether oxygens (including phenoxy) is 1. The van der Waals surface area contributed by atoms with Gasteiger partial charge < -0.3 is 19.9 Å². The Balaban J connectivity index is 1.48. The van der Waals surface area contributed by atoms with E-state index in [2.05, 4.69) is 10.3 Å². The van der Waals surface area contributed by atoms with Gasteiger partial charge in [0, 0.05) is 36.3 Å². The summed E-state index contributed by atoms with van der Waals surface area (Å²) in [6.45, 7) is 1.38. The SMILES string of the molecule is O=C(Nc1cccc(C(=O)N2CCC[C@@H]2c2ccc[nH]2)c1)[C@H]1CCCO1. The number of carbonyl (C=O) groups excluding carboxylic acids is 2. The Morgan fingerprint density at radius 3 is 2.85 bits per heavy atom.